The molecule has 1 aromatic rings. The van der Waals surface area contributed by atoms with Crippen LogP contribution < -0.4 is 10.6 Å². The molecule has 8 heteroatoms. The fourth-order valence-electron chi connectivity index (χ4n) is 2.90. The standard InChI is InChI=1S/C21H25F3N2O3/c22-21(23,24)20(28)26-18(15-16-9-5-4-6-10-16)19(27)25-13-14-29-17-11-7-2-1-3-8-12-17/h4-6,9-10,17-18H,1-3,7,11,13-15H2,(H,25,27)(H,26,28)/t17?,18-/m0/s1. The Labute approximate surface area is 168 Å². The third-order valence-electron chi connectivity index (χ3n) is 4.41. The van der Waals surface area contributed by atoms with Crippen LogP contribution in [0.2, 0.25) is 0 Å². The molecule has 0 bridgehead atoms. The van der Waals surface area contributed by atoms with Crippen molar-refractivity contribution in [1.82, 2.24) is 10.6 Å². The largest absolute Gasteiger partial charge is 0.471 e. The van der Waals surface area contributed by atoms with E-state index in [-0.39, 0.29) is 25.7 Å². The van der Waals surface area contributed by atoms with E-state index < -0.39 is 24.0 Å². The Hall–Kier alpha value is -2.53. The molecule has 158 valence electrons. The molecular formula is C21H25F3N2O3. The number of rotatable bonds is 8. The van der Waals surface area contributed by atoms with Gasteiger partial charge in [0.1, 0.15) is 12.1 Å². The number of ether oxygens (including phenoxy) is 1. The summed E-state index contributed by atoms with van der Waals surface area (Å²) in [5, 5.41) is 4.30. The summed E-state index contributed by atoms with van der Waals surface area (Å²) in [6, 6.07) is 7.18. The molecule has 2 N–H and O–H groups in total. The van der Waals surface area contributed by atoms with Crippen LogP contribution in [0.15, 0.2) is 30.3 Å². The third kappa shape index (κ3) is 8.57. The molecule has 1 aromatic carbocycles. The Balaban J connectivity index is 1.87. The van der Waals surface area contributed by atoms with E-state index in [9.17, 15) is 22.8 Å². The Morgan fingerprint density at radius 3 is 2.66 bits per heavy atom. The minimum Gasteiger partial charge on any atom is -0.364 e. The SMILES string of the molecule is O=C(NCCOC1C#CCCCCC1)[C@H](Cc1ccccc1)NC(=O)C(F)(F)F. The van der Waals surface area contributed by atoms with Crippen LogP contribution in [0.5, 0.6) is 0 Å². The number of nitrogens with one attached hydrogen (secondary N) is 2. The summed E-state index contributed by atoms with van der Waals surface area (Å²) in [7, 11) is 0. The van der Waals surface area contributed by atoms with E-state index in [1.807, 2.05) is 0 Å². The molecule has 0 spiro atoms. The second kappa shape index (κ2) is 11.5. The topological polar surface area (TPSA) is 67.4 Å². The summed E-state index contributed by atoms with van der Waals surface area (Å²) in [6.07, 6.45) is -0.437. The molecule has 0 aromatic heterocycles. The maximum absolute atomic E-state index is 12.6. The highest BCUT2D eigenvalue weighted by Crippen LogP contribution is 2.15. The van der Waals surface area contributed by atoms with Crippen molar-refractivity contribution in [1.29, 1.82) is 0 Å². The number of hydrogen-bond donors (Lipinski definition) is 2. The van der Waals surface area contributed by atoms with Gasteiger partial charge in [0.15, 0.2) is 0 Å². The fourth-order valence-corrected chi connectivity index (χ4v) is 2.90. The van der Waals surface area contributed by atoms with Crippen LogP contribution in [0, 0.1) is 11.8 Å². The smallest absolute Gasteiger partial charge is 0.364 e. The number of benzene rings is 1. The first-order chi connectivity index (χ1) is 13.9. The lowest BCUT2D eigenvalue weighted by molar-refractivity contribution is -0.174. The molecule has 2 amide bonds. The van der Waals surface area contributed by atoms with Crippen LogP contribution in [-0.4, -0.2) is 43.3 Å². The lowest BCUT2D eigenvalue weighted by Gasteiger charge is -2.20. The monoisotopic (exact) mass is 410 g/mol. The second-order valence-electron chi connectivity index (χ2n) is 6.78. The van der Waals surface area contributed by atoms with Crippen molar-refractivity contribution in [2.75, 3.05) is 13.2 Å². The lowest BCUT2D eigenvalue weighted by atomic mass is 10.1. The number of halogens is 3. The van der Waals surface area contributed by atoms with Crippen molar-refractivity contribution < 1.29 is 27.5 Å². The van der Waals surface area contributed by atoms with Crippen LogP contribution >= 0.6 is 0 Å². The summed E-state index contributed by atoms with van der Waals surface area (Å²) >= 11 is 0. The predicted molar refractivity (Wildman–Crippen MR) is 102 cm³/mol. The van der Waals surface area contributed by atoms with Gasteiger partial charge >= 0.3 is 12.1 Å². The zero-order valence-electron chi connectivity index (χ0n) is 16.1. The summed E-state index contributed by atoms with van der Waals surface area (Å²) in [5.41, 5.74) is 0.635. The van der Waals surface area contributed by atoms with E-state index >= 15 is 0 Å². The van der Waals surface area contributed by atoms with E-state index in [0.29, 0.717) is 5.56 Å². The number of hydrogen-bond acceptors (Lipinski definition) is 3. The van der Waals surface area contributed by atoms with Crippen molar-refractivity contribution >= 4 is 11.8 Å². The fraction of sp³-hybridized carbons (Fsp3) is 0.524. The normalized spacial score (nSPS) is 17.8. The van der Waals surface area contributed by atoms with E-state index in [0.717, 1.165) is 32.1 Å². The highest BCUT2D eigenvalue weighted by molar-refractivity contribution is 5.90. The van der Waals surface area contributed by atoms with Gasteiger partial charge in [0.05, 0.1) is 6.61 Å². The Bertz CT molecular complexity index is 726. The highest BCUT2D eigenvalue weighted by atomic mass is 19.4. The Morgan fingerprint density at radius 2 is 1.93 bits per heavy atom. The van der Waals surface area contributed by atoms with Gasteiger partial charge in [0.25, 0.3) is 0 Å². The molecule has 0 aliphatic heterocycles. The van der Waals surface area contributed by atoms with Gasteiger partial charge in [-0.3, -0.25) is 9.59 Å². The van der Waals surface area contributed by atoms with Crippen LogP contribution in [0.1, 0.15) is 37.7 Å². The third-order valence-corrected chi connectivity index (χ3v) is 4.41. The average Bonchev–Trinajstić information content (AvgIpc) is 2.65. The molecule has 0 radical (unpaired) electrons. The molecule has 1 aliphatic rings. The van der Waals surface area contributed by atoms with Gasteiger partial charge in [-0.1, -0.05) is 42.7 Å². The zero-order chi connectivity index (χ0) is 21.1. The molecule has 5 nitrogen and oxygen atoms in total. The summed E-state index contributed by atoms with van der Waals surface area (Å²) in [6.45, 7) is 0.306. The van der Waals surface area contributed by atoms with Crippen molar-refractivity contribution in [2.24, 2.45) is 0 Å². The van der Waals surface area contributed by atoms with Gasteiger partial charge in [-0.15, -0.1) is 5.92 Å². The first-order valence-electron chi connectivity index (χ1n) is 9.65. The second-order valence-corrected chi connectivity index (χ2v) is 6.78. The quantitative estimate of drug-likeness (QED) is 0.512. The minimum absolute atomic E-state index is 0.0521. The number of alkyl halides is 3. The van der Waals surface area contributed by atoms with Gasteiger partial charge in [-0.05, 0) is 24.8 Å². The summed E-state index contributed by atoms with van der Waals surface area (Å²) in [5.74, 6) is 3.25. The van der Waals surface area contributed by atoms with Crippen molar-refractivity contribution in [3.05, 3.63) is 35.9 Å². The Morgan fingerprint density at radius 1 is 1.17 bits per heavy atom. The lowest BCUT2D eigenvalue weighted by Crippen LogP contribution is -2.52. The minimum atomic E-state index is -5.06. The van der Waals surface area contributed by atoms with Gasteiger partial charge < -0.3 is 15.4 Å². The summed E-state index contributed by atoms with van der Waals surface area (Å²) < 4.78 is 43.5. The van der Waals surface area contributed by atoms with Crippen molar-refractivity contribution in [3.8, 4) is 11.8 Å². The first-order valence-corrected chi connectivity index (χ1v) is 9.65. The number of carbonyl (C=O) groups is 2. The molecule has 0 heterocycles. The first kappa shape index (κ1) is 22.8. The van der Waals surface area contributed by atoms with Crippen LogP contribution in [0.3, 0.4) is 0 Å². The van der Waals surface area contributed by atoms with Gasteiger partial charge in [-0.2, -0.15) is 13.2 Å². The van der Waals surface area contributed by atoms with Gasteiger partial charge in [0, 0.05) is 19.4 Å². The molecule has 2 atom stereocenters. The molecule has 0 saturated carbocycles. The van der Waals surface area contributed by atoms with E-state index in [2.05, 4.69) is 17.2 Å². The van der Waals surface area contributed by atoms with Crippen molar-refractivity contribution in [3.63, 3.8) is 0 Å². The zero-order valence-corrected chi connectivity index (χ0v) is 16.1. The molecule has 29 heavy (non-hydrogen) atoms. The van der Waals surface area contributed by atoms with E-state index in [4.69, 9.17) is 4.74 Å². The molecule has 1 aliphatic carbocycles. The van der Waals surface area contributed by atoms with Gasteiger partial charge in [0.2, 0.25) is 5.91 Å². The number of carbonyl (C=O) groups excluding carboxylic acids is 2. The van der Waals surface area contributed by atoms with E-state index in [1.54, 1.807) is 35.6 Å². The van der Waals surface area contributed by atoms with E-state index in [1.165, 1.54) is 0 Å². The summed E-state index contributed by atoms with van der Waals surface area (Å²) in [4.78, 5) is 23.7. The van der Waals surface area contributed by atoms with Crippen LogP contribution in [0.4, 0.5) is 13.2 Å². The molecule has 0 fully saturated rings. The molecular weight excluding hydrogens is 385 g/mol. The molecule has 2 rings (SSSR count). The van der Waals surface area contributed by atoms with Crippen molar-refractivity contribution in [2.45, 2.75) is 56.8 Å². The maximum Gasteiger partial charge on any atom is 0.471 e. The maximum atomic E-state index is 12.6. The van der Waals surface area contributed by atoms with Crippen LogP contribution in [-0.2, 0) is 20.7 Å². The highest BCUT2D eigenvalue weighted by Gasteiger charge is 2.40. The van der Waals surface area contributed by atoms with Crippen LogP contribution in [0.25, 0.3) is 0 Å². The van der Waals surface area contributed by atoms with Gasteiger partial charge in [-0.25, -0.2) is 0 Å². The molecule has 0 saturated heterocycles. The Kier molecular flexibility index (Phi) is 9.00. The molecule has 1 unspecified atom stereocenters. The predicted octanol–water partition coefficient (Wildman–Crippen LogP) is 2.75. The number of amides is 2. The average molecular weight is 410 g/mol.